The summed E-state index contributed by atoms with van der Waals surface area (Å²) in [5.41, 5.74) is 2.13. The zero-order valence-electron chi connectivity index (χ0n) is 7.20. The summed E-state index contributed by atoms with van der Waals surface area (Å²) in [5.74, 6) is 0. The summed E-state index contributed by atoms with van der Waals surface area (Å²) in [6, 6.07) is 7.18. The molecule has 0 aliphatic carbocycles. The molecule has 3 heteroatoms. The molecule has 1 radical (unpaired) electrons. The molecule has 0 amide bonds. The molecule has 0 aliphatic rings. The van der Waals surface area contributed by atoms with E-state index >= 15 is 0 Å². The summed E-state index contributed by atoms with van der Waals surface area (Å²) < 4.78 is 2.04. The predicted octanol–water partition coefficient (Wildman–Crippen LogP) is 1.68. The van der Waals surface area contributed by atoms with Gasteiger partial charge in [0.2, 0.25) is 0 Å². The molecule has 2 heterocycles. The maximum absolute atomic E-state index is 4.23. The van der Waals surface area contributed by atoms with Crippen molar-refractivity contribution in [3.8, 4) is 0 Å². The molecule has 0 saturated heterocycles. The summed E-state index contributed by atoms with van der Waals surface area (Å²) in [7, 11) is 2.00. The number of pyridine rings is 1. The van der Waals surface area contributed by atoms with Gasteiger partial charge in [0.1, 0.15) is 0 Å². The Hall–Kier alpha value is -0.206. The van der Waals surface area contributed by atoms with Crippen molar-refractivity contribution >= 4 is 11.0 Å². The average Bonchev–Trinajstić information content (AvgIpc) is 2.30. The molecule has 0 spiro atoms. The molecule has 2 rings (SSSR count). The zero-order valence-corrected chi connectivity index (χ0v) is 10.0. The van der Waals surface area contributed by atoms with Crippen molar-refractivity contribution in [2.24, 2.45) is 7.05 Å². The first-order valence-electron chi connectivity index (χ1n) is 3.58. The van der Waals surface area contributed by atoms with Gasteiger partial charge in [-0.25, -0.2) is 0 Å². The first-order chi connectivity index (χ1) is 5.29. The zero-order chi connectivity index (χ0) is 7.84. The van der Waals surface area contributed by atoms with Crippen LogP contribution in [0, 0.1) is 13.0 Å². The molecule has 0 aliphatic heterocycles. The third kappa shape index (κ3) is 1.46. The smallest absolute Gasteiger partial charge is 0.0260 e. The quantitative estimate of drug-likeness (QED) is 0.634. The Morgan fingerprint density at radius 1 is 1.50 bits per heavy atom. The minimum atomic E-state index is 0. The van der Waals surface area contributed by atoms with Crippen molar-refractivity contribution in [1.82, 2.24) is 9.55 Å². The Kier molecular flexibility index (Phi) is 3.02. The van der Waals surface area contributed by atoms with Crippen molar-refractivity contribution in [2.75, 3.05) is 0 Å². The second-order valence-electron chi connectivity index (χ2n) is 2.64. The van der Waals surface area contributed by atoms with E-state index in [1.54, 1.807) is 6.20 Å². The van der Waals surface area contributed by atoms with E-state index in [9.17, 15) is 0 Å². The maximum atomic E-state index is 4.23. The van der Waals surface area contributed by atoms with Gasteiger partial charge < -0.3 is 9.55 Å². The Bertz CT molecular complexity index is 392. The minimum Gasteiger partial charge on any atom is -0.396 e. The molecule has 59 valence electrons. The summed E-state index contributed by atoms with van der Waals surface area (Å²) in [6.07, 6.45) is 1.80. The van der Waals surface area contributed by atoms with E-state index < -0.39 is 0 Å². The first-order valence-corrected chi connectivity index (χ1v) is 3.58. The van der Waals surface area contributed by atoms with Crippen LogP contribution < -0.4 is 0 Å². The van der Waals surface area contributed by atoms with Crippen LogP contribution in [0.15, 0.2) is 18.3 Å². The van der Waals surface area contributed by atoms with Crippen LogP contribution in [0.1, 0.15) is 5.69 Å². The number of aromatic nitrogens is 2. The molecule has 0 fully saturated rings. The monoisotopic (exact) mass is 234 g/mol. The molecule has 2 aromatic rings. The van der Waals surface area contributed by atoms with Gasteiger partial charge in [-0.3, -0.25) is 0 Å². The largest absolute Gasteiger partial charge is 0.396 e. The van der Waals surface area contributed by atoms with Gasteiger partial charge in [-0.05, 0) is 14.0 Å². The number of hydrogen-bond donors (Lipinski definition) is 0. The van der Waals surface area contributed by atoms with E-state index in [0.29, 0.717) is 0 Å². The molecular weight excluding hydrogens is 225 g/mol. The Balaban J connectivity index is 0.000000720. The van der Waals surface area contributed by atoms with Gasteiger partial charge in [0, 0.05) is 44.6 Å². The molecule has 0 N–H and O–H groups in total. The number of aryl methyl sites for hydroxylation is 2. The van der Waals surface area contributed by atoms with Crippen molar-refractivity contribution in [3.63, 3.8) is 0 Å². The van der Waals surface area contributed by atoms with Gasteiger partial charge in [0.05, 0.1) is 0 Å². The van der Waals surface area contributed by atoms with Crippen molar-refractivity contribution in [2.45, 2.75) is 6.92 Å². The molecule has 2 aromatic heterocycles. The van der Waals surface area contributed by atoms with Gasteiger partial charge in [0.25, 0.3) is 0 Å². The molecule has 0 saturated carbocycles. The van der Waals surface area contributed by atoms with Gasteiger partial charge >= 0.3 is 0 Å². The van der Waals surface area contributed by atoms with E-state index in [-0.39, 0.29) is 32.7 Å². The SMILES string of the molecule is Cc1[c-]c2cccnc2n1C.[Y]. The van der Waals surface area contributed by atoms with E-state index in [1.165, 1.54) is 0 Å². The summed E-state index contributed by atoms with van der Waals surface area (Å²) >= 11 is 0. The fraction of sp³-hybridized carbons (Fsp3) is 0.222. The van der Waals surface area contributed by atoms with Crippen LogP contribution in [0.4, 0.5) is 0 Å². The minimum absolute atomic E-state index is 0. The summed E-state index contributed by atoms with van der Waals surface area (Å²) in [4.78, 5) is 4.23. The van der Waals surface area contributed by atoms with Crippen molar-refractivity contribution in [3.05, 3.63) is 30.1 Å². The second-order valence-corrected chi connectivity index (χ2v) is 2.64. The maximum Gasteiger partial charge on any atom is 0.0260 e. The summed E-state index contributed by atoms with van der Waals surface area (Å²) in [6.45, 7) is 2.03. The normalized spacial score (nSPS) is 9.83. The van der Waals surface area contributed by atoms with Gasteiger partial charge in [-0.15, -0.1) is 11.5 Å². The van der Waals surface area contributed by atoms with E-state index in [2.05, 4.69) is 11.1 Å². The molecule has 0 unspecified atom stereocenters. The Morgan fingerprint density at radius 2 is 2.25 bits per heavy atom. The van der Waals surface area contributed by atoms with Crippen LogP contribution in [0.25, 0.3) is 11.0 Å². The third-order valence-electron chi connectivity index (χ3n) is 1.92. The topological polar surface area (TPSA) is 17.8 Å². The van der Waals surface area contributed by atoms with Crippen LogP contribution in [-0.2, 0) is 39.8 Å². The number of rotatable bonds is 0. The van der Waals surface area contributed by atoms with Gasteiger partial charge in [0.15, 0.2) is 0 Å². The Morgan fingerprint density at radius 3 is 2.92 bits per heavy atom. The average molecular weight is 234 g/mol. The molecular formula is C9H9N2Y-. The predicted molar refractivity (Wildman–Crippen MR) is 44.3 cm³/mol. The van der Waals surface area contributed by atoms with E-state index in [1.807, 2.05) is 30.7 Å². The standard InChI is InChI=1S/C9H9N2.Y/c1-7-6-8-4-3-5-10-9(8)11(7)2;/h3-5H,1-2H3;/q-1;. The molecule has 0 aromatic carbocycles. The number of nitrogens with zero attached hydrogens (tertiary/aromatic N) is 2. The van der Waals surface area contributed by atoms with Gasteiger partial charge in [-0.2, -0.15) is 12.1 Å². The molecule has 12 heavy (non-hydrogen) atoms. The van der Waals surface area contributed by atoms with Crippen molar-refractivity contribution < 1.29 is 32.7 Å². The third-order valence-corrected chi connectivity index (χ3v) is 1.92. The number of hydrogen-bond acceptors (Lipinski definition) is 1. The van der Waals surface area contributed by atoms with Crippen molar-refractivity contribution in [1.29, 1.82) is 0 Å². The summed E-state index contributed by atoms with van der Waals surface area (Å²) in [5, 5.41) is 1.09. The fourth-order valence-corrected chi connectivity index (χ4v) is 1.20. The van der Waals surface area contributed by atoms with Crippen LogP contribution >= 0.6 is 0 Å². The van der Waals surface area contributed by atoms with Crippen LogP contribution in [0.3, 0.4) is 0 Å². The Labute approximate surface area is 96.9 Å². The van der Waals surface area contributed by atoms with Gasteiger partial charge in [-0.1, -0.05) is 5.69 Å². The van der Waals surface area contributed by atoms with Crippen LogP contribution in [0.5, 0.6) is 0 Å². The van der Waals surface area contributed by atoms with E-state index in [0.717, 1.165) is 16.7 Å². The van der Waals surface area contributed by atoms with E-state index in [4.69, 9.17) is 0 Å². The first kappa shape index (κ1) is 9.88. The van der Waals surface area contributed by atoms with Crippen LogP contribution in [0.2, 0.25) is 0 Å². The van der Waals surface area contributed by atoms with Crippen LogP contribution in [-0.4, -0.2) is 9.55 Å². The fourth-order valence-electron chi connectivity index (χ4n) is 1.20. The molecule has 0 bridgehead atoms. The molecule has 0 atom stereocenters. The second kappa shape index (κ2) is 3.67. The number of fused-ring (bicyclic) bond motifs is 1. The molecule has 2 nitrogen and oxygen atoms in total.